The van der Waals surface area contributed by atoms with E-state index in [1.54, 1.807) is 6.21 Å². The first kappa shape index (κ1) is 19.7. The van der Waals surface area contributed by atoms with E-state index in [1.165, 1.54) is 11.1 Å². The number of rotatable bonds is 8. The molecule has 0 aliphatic rings. The van der Waals surface area contributed by atoms with E-state index in [4.69, 9.17) is 15.2 Å². The van der Waals surface area contributed by atoms with Crippen LogP contribution >= 0.6 is 12.2 Å². The van der Waals surface area contributed by atoms with Crippen molar-refractivity contribution in [1.29, 1.82) is 0 Å². The molecule has 0 atom stereocenters. The zero-order valence-electron chi connectivity index (χ0n) is 15.4. The molecule has 0 aliphatic heterocycles. The Kier molecular flexibility index (Phi) is 7.41. The number of benzene rings is 2. The standard InChI is InChI=1S/C20H25N3O2S/c1-14(2)18-9-4-15(3)12-19(18)25-11-10-24-17-7-5-16(6-8-17)13-22-23-20(21)26/h4-9,12-14H,10-11H2,1-3H3,(H3,21,23,26)/b22-13+. The summed E-state index contributed by atoms with van der Waals surface area (Å²) in [7, 11) is 0. The average molecular weight is 372 g/mol. The summed E-state index contributed by atoms with van der Waals surface area (Å²) in [5.41, 5.74) is 11.1. The molecule has 0 aromatic heterocycles. The van der Waals surface area contributed by atoms with Gasteiger partial charge in [0.05, 0.1) is 6.21 Å². The second kappa shape index (κ2) is 9.77. The Labute approximate surface area is 160 Å². The monoisotopic (exact) mass is 371 g/mol. The first-order valence-electron chi connectivity index (χ1n) is 8.50. The molecular weight excluding hydrogens is 346 g/mol. The maximum absolute atomic E-state index is 5.92. The highest BCUT2D eigenvalue weighted by molar-refractivity contribution is 7.80. The zero-order chi connectivity index (χ0) is 18.9. The summed E-state index contributed by atoms with van der Waals surface area (Å²) in [6.07, 6.45) is 1.64. The highest BCUT2D eigenvalue weighted by Crippen LogP contribution is 2.27. The number of aryl methyl sites for hydroxylation is 1. The molecule has 0 saturated heterocycles. The summed E-state index contributed by atoms with van der Waals surface area (Å²) < 4.78 is 11.7. The molecule has 0 fully saturated rings. The van der Waals surface area contributed by atoms with Crippen LogP contribution in [0.3, 0.4) is 0 Å². The highest BCUT2D eigenvalue weighted by Gasteiger charge is 2.08. The number of hydrogen-bond donors (Lipinski definition) is 2. The van der Waals surface area contributed by atoms with Crippen molar-refractivity contribution in [2.75, 3.05) is 13.2 Å². The Bertz CT molecular complexity index is 758. The van der Waals surface area contributed by atoms with E-state index in [9.17, 15) is 0 Å². The third-order valence-electron chi connectivity index (χ3n) is 3.67. The summed E-state index contributed by atoms with van der Waals surface area (Å²) in [5, 5.41) is 4.04. The molecule has 5 nitrogen and oxygen atoms in total. The molecule has 2 aromatic rings. The minimum atomic E-state index is 0.135. The molecule has 0 aliphatic carbocycles. The van der Waals surface area contributed by atoms with Crippen LogP contribution in [0.15, 0.2) is 47.6 Å². The van der Waals surface area contributed by atoms with Gasteiger partial charge in [-0.1, -0.05) is 26.0 Å². The normalized spacial score (nSPS) is 10.9. The quantitative estimate of drug-likeness (QED) is 0.320. The van der Waals surface area contributed by atoms with E-state index >= 15 is 0 Å². The Morgan fingerprint density at radius 1 is 1.15 bits per heavy atom. The topological polar surface area (TPSA) is 68.9 Å². The van der Waals surface area contributed by atoms with E-state index in [1.807, 2.05) is 24.3 Å². The molecule has 2 aromatic carbocycles. The number of nitrogens with zero attached hydrogens (tertiary/aromatic N) is 1. The summed E-state index contributed by atoms with van der Waals surface area (Å²) in [6.45, 7) is 7.35. The number of thiocarbonyl (C=S) groups is 1. The first-order valence-corrected chi connectivity index (χ1v) is 8.91. The smallest absolute Gasteiger partial charge is 0.184 e. The van der Waals surface area contributed by atoms with Crippen molar-refractivity contribution >= 4 is 23.5 Å². The minimum absolute atomic E-state index is 0.135. The van der Waals surface area contributed by atoms with Gasteiger partial charge in [-0.05, 0) is 72.1 Å². The van der Waals surface area contributed by atoms with Gasteiger partial charge in [0.1, 0.15) is 24.7 Å². The van der Waals surface area contributed by atoms with Crippen molar-refractivity contribution in [3.8, 4) is 11.5 Å². The molecule has 6 heteroatoms. The number of ether oxygens (including phenoxy) is 2. The highest BCUT2D eigenvalue weighted by atomic mass is 32.1. The average Bonchev–Trinajstić information content (AvgIpc) is 2.59. The predicted molar refractivity (Wildman–Crippen MR) is 110 cm³/mol. The van der Waals surface area contributed by atoms with Crippen LogP contribution in [0, 0.1) is 6.92 Å². The molecule has 0 radical (unpaired) electrons. The summed E-state index contributed by atoms with van der Waals surface area (Å²) in [6, 6.07) is 13.9. The van der Waals surface area contributed by atoms with E-state index in [0.29, 0.717) is 19.1 Å². The van der Waals surface area contributed by atoms with Gasteiger partial charge in [-0.15, -0.1) is 0 Å². The van der Waals surface area contributed by atoms with Crippen LogP contribution < -0.4 is 20.6 Å². The molecule has 0 bridgehead atoms. The fourth-order valence-corrected chi connectivity index (χ4v) is 2.43. The molecule has 2 rings (SSSR count). The van der Waals surface area contributed by atoms with Crippen molar-refractivity contribution in [2.45, 2.75) is 26.7 Å². The minimum Gasteiger partial charge on any atom is -0.490 e. The van der Waals surface area contributed by atoms with Gasteiger partial charge < -0.3 is 15.2 Å². The van der Waals surface area contributed by atoms with Crippen molar-refractivity contribution in [2.24, 2.45) is 10.8 Å². The van der Waals surface area contributed by atoms with Crippen LogP contribution in [-0.4, -0.2) is 24.5 Å². The van der Waals surface area contributed by atoms with Gasteiger partial charge in [-0.2, -0.15) is 5.10 Å². The molecule has 0 saturated carbocycles. The Hall–Kier alpha value is -2.60. The predicted octanol–water partition coefficient (Wildman–Crippen LogP) is 3.74. The zero-order valence-corrected chi connectivity index (χ0v) is 16.2. The van der Waals surface area contributed by atoms with Crippen LogP contribution in [0.5, 0.6) is 11.5 Å². The number of hydrogen-bond acceptors (Lipinski definition) is 4. The second-order valence-corrected chi connectivity index (χ2v) is 6.64. The van der Waals surface area contributed by atoms with Crippen LogP contribution in [0.2, 0.25) is 0 Å². The number of nitrogens with one attached hydrogen (secondary N) is 1. The van der Waals surface area contributed by atoms with Gasteiger partial charge in [-0.3, -0.25) is 5.43 Å². The Balaban J connectivity index is 1.82. The van der Waals surface area contributed by atoms with Gasteiger partial charge in [0.2, 0.25) is 0 Å². The Morgan fingerprint density at radius 2 is 1.85 bits per heavy atom. The molecular formula is C20H25N3O2S. The molecule has 26 heavy (non-hydrogen) atoms. The lowest BCUT2D eigenvalue weighted by atomic mass is 10.0. The van der Waals surface area contributed by atoms with Crippen molar-refractivity contribution in [1.82, 2.24) is 5.43 Å². The molecule has 3 N–H and O–H groups in total. The van der Waals surface area contributed by atoms with Gasteiger partial charge in [0, 0.05) is 0 Å². The molecule has 0 unspecified atom stereocenters. The summed E-state index contributed by atoms with van der Waals surface area (Å²) in [5.74, 6) is 2.13. The third-order valence-corrected chi connectivity index (χ3v) is 3.76. The molecule has 0 heterocycles. The van der Waals surface area contributed by atoms with E-state index in [0.717, 1.165) is 17.1 Å². The fraction of sp³-hybridized carbons (Fsp3) is 0.300. The van der Waals surface area contributed by atoms with Gasteiger partial charge in [-0.25, -0.2) is 0 Å². The van der Waals surface area contributed by atoms with Crippen LogP contribution in [-0.2, 0) is 0 Å². The van der Waals surface area contributed by atoms with Gasteiger partial charge >= 0.3 is 0 Å². The summed E-state index contributed by atoms with van der Waals surface area (Å²) in [4.78, 5) is 0. The van der Waals surface area contributed by atoms with Crippen molar-refractivity contribution < 1.29 is 9.47 Å². The maximum atomic E-state index is 5.92. The molecule has 0 amide bonds. The third kappa shape index (κ3) is 6.37. The van der Waals surface area contributed by atoms with Gasteiger partial charge in [0.25, 0.3) is 0 Å². The first-order chi connectivity index (χ1) is 12.5. The van der Waals surface area contributed by atoms with Crippen molar-refractivity contribution in [3.05, 3.63) is 59.2 Å². The largest absolute Gasteiger partial charge is 0.490 e. The Morgan fingerprint density at radius 3 is 2.50 bits per heavy atom. The van der Waals surface area contributed by atoms with Gasteiger partial charge in [0.15, 0.2) is 5.11 Å². The molecule has 138 valence electrons. The van der Waals surface area contributed by atoms with E-state index in [2.05, 4.69) is 61.7 Å². The maximum Gasteiger partial charge on any atom is 0.184 e. The van der Waals surface area contributed by atoms with Crippen LogP contribution in [0.4, 0.5) is 0 Å². The van der Waals surface area contributed by atoms with Crippen LogP contribution in [0.1, 0.15) is 36.5 Å². The number of nitrogens with two attached hydrogens (primary N) is 1. The number of hydrazone groups is 1. The fourth-order valence-electron chi connectivity index (χ4n) is 2.38. The summed E-state index contributed by atoms with van der Waals surface area (Å²) >= 11 is 4.68. The van der Waals surface area contributed by atoms with Crippen LogP contribution in [0.25, 0.3) is 0 Å². The lowest BCUT2D eigenvalue weighted by Crippen LogP contribution is -2.23. The molecule has 0 spiro atoms. The lowest BCUT2D eigenvalue weighted by molar-refractivity contribution is 0.215. The SMILES string of the molecule is Cc1ccc(C(C)C)c(OCCOc2ccc(/C=N/NC(N)=S)cc2)c1. The van der Waals surface area contributed by atoms with E-state index < -0.39 is 0 Å². The second-order valence-electron chi connectivity index (χ2n) is 6.20. The van der Waals surface area contributed by atoms with E-state index in [-0.39, 0.29) is 5.11 Å². The lowest BCUT2D eigenvalue weighted by Gasteiger charge is -2.15. The van der Waals surface area contributed by atoms with Crippen molar-refractivity contribution in [3.63, 3.8) is 0 Å².